The maximum absolute atomic E-state index is 12.5. The van der Waals surface area contributed by atoms with Gasteiger partial charge in [0.05, 0.1) is 18.2 Å². The minimum Gasteiger partial charge on any atom is -0.318 e. The Kier molecular flexibility index (Phi) is 4.32. The fourth-order valence-electron chi connectivity index (χ4n) is 1.81. The zero-order valence-corrected chi connectivity index (χ0v) is 12.4. The van der Waals surface area contributed by atoms with Crippen LogP contribution in [0.15, 0.2) is 47.1 Å². The van der Waals surface area contributed by atoms with E-state index in [1.807, 2.05) is 0 Å². The quantitative estimate of drug-likeness (QED) is 0.482. The van der Waals surface area contributed by atoms with E-state index in [9.17, 15) is 13.2 Å². The van der Waals surface area contributed by atoms with Gasteiger partial charge < -0.3 is 5.73 Å². The maximum Gasteiger partial charge on any atom is 0.416 e. The zero-order chi connectivity index (χ0) is 15.6. The molecule has 0 bridgehead atoms. The Labute approximate surface area is 127 Å². The van der Waals surface area contributed by atoms with E-state index in [-0.39, 0.29) is 12.3 Å². The van der Waals surface area contributed by atoms with E-state index in [4.69, 9.17) is 11.1 Å². The summed E-state index contributed by atoms with van der Waals surface area (Å²) in [7, 11) is 0. The lowest BCUT2D eigenvalue weighted by molar-refractivity contribution is -0.543. The SMILES string of the molecule is N=C(Cc1ccc(C(F)(F)F)cc1)[n+]1cc(Br)ccc1N. The highest BCUT2D eigenvalue weighted by molar-refractivity contribution is 9.10. The number of nitrogen functional groups attached to an aromatic ring is 1. The lowest BCUT2D eigenvalue weighted by atomic mass is 10.1. The van der Waals surface area contributed by atoms with E-state index in [2.05, 4.69) is 15.9 Å². The van der Waals surface area contributed by atoms with Gasteiger partial charge in [-0.2, -0.15) is 18.6 Å². The van der Waals surface area contributed by atoms with Gasteiger partial charge in [-0.25, -0.2) is 4.57 Å². The molecular formula is C14H12BrF3N3+. The minimum atomic E-state index is -4.35. The molecule has 110 valence electrons. The summed E-state index contributed by atoms with van der Waals surface area (Å²) in [4.78, 5) is 0. The third-order valence-corrected chi connectivity index (χ3v) is 3.36. The summed E-state index contributed by atoms with van der Waals surface area (Å²) in [5.74, 6) is 0.559. The van der Waals surface area contributed by atoms with Crippen LogP contribution >= 0.6 is 15.9 Å². The molecule has 3 nitrogen and oxygen atoms in total. The van der Waals surface area contributed by atoms with Crippen LogP contribution in [0.2, 0.25) is 0 Å². The fourth-order valence-corrected chi connectivity index (χ4v) is 2.15. The number of hydrogen-bond donors (Lipinski definition) is 2. The van der Waals surface area contributed by atoms with Crippen molar-refractivity contribution in [1.82, 2.24) is 0 Å². The fraction of sp³-hybridized carbons (Fsp3) is 0.143. The zero-order valence-electron chi connectivity index (χ0n) is 10.8. The van der Waals surface area contributed by atoms with Crippen LogP contribution in [0.5, 0.6) is 0 Å². The highest BCUT2D eigenvalue weighted by atomic mass is 79.9. The third-order valence-electron chi connectivity index (χ3n) is 2.89. The molecule has 0 atom stereocenters. The molecule has 0 amide bonds. The average molecular weight is 359 g/mol. The number of aromatic nitrogens is 1. The summed E-state index contributed by atoms with van der Waals surface area (Å²) < 4.78 is 39.7. The van der Waals surface area contributed by atoms with Crippen LogP contribution in [0.3, 0.4) is 0 Å². The molecule has 2 rings (SSSR count). The van der Waals surface area contributed by atoms with Crippen LogP contribution in [-0.2, 0) is 12.6 Å². The molecule has 0 unspecified atom stereocenters. The first-order valence-corrected chi connectivity index (χ1v) is 6.77. The van der Waals surface area contributed by atoms with E-state index in [1.165, 1.54) is 16.7 Å². The van der Waals surface area contributed by atoms with Gasteiger partial charge in [-0.05, 0) is 39.7 Å². The highest BCUT2D eigenvalue weighted by Gasteiger charge is 2.30. The van der Waals surface area contributed by atoms with Crippen LogP contribution < -0.4 is 10.3 Å². The van der Waals surface area contributed by atoms with Crippen molar-refractivity contribution in [2.45, 2.75) is 12.6 Å². The van der Waals surface area contributed by atoms with Crippen molar-refractivity contribution in [3.05, 3.63) is 58.2 Å². The van der Waals surface area contributed by atoms with Crippen LogP contribution in [0.4, 0.5) is 19.0 Å². The van der Waals surface area contributed by atoms with E-state index in [0.29, 0.717) is 11.4 Å². The van der Waals surface area contributed by atoms with Gasteiger partial charge in [-0.15, -0.1) is 0 Å². The number of benzene rings is 1. The summed E-state index contributed by atoms with van der Waals surface area (Å²) in [5.41, 5.74) is 5.69. The number of rotatable bonds is 2. The van der Waals surface area contributed by atoms with Gasteiger partial charge in [0, 0.05) is 10.5 Å². The van der Waals surface area contributed by atoms with Crippen molar-refractivity contribution in [3.63, 3.8) is 0 Å². The van der Waals surface area contributed by atoms with Crippen molar-refractivity contribution < 1.29 is 17.7 Å². The summed E-state index contributed by atoms with van der Waals surface area (Å²) in [6, 6.07) is 8.15. The predicted octanol–water partition coefficient (Wildman–Crippen LogP) is 3.41. The second kappa shape index (κ2) is 5.85. The van der Waals surface area contributed by atoms with E-state index in [0.717, 1.165) is 16.6 Å². The van der Waals surface area contributed by atoms with Crippen molar-refractivity contribution >= 4 is 27.6 Å². The molecule has 0 saturated heterocycles. The Balaban J connectivity index is 2.18. The topological polar surface area (TPSA) is 53.8 Å². The minimum absolute atomic E-state index is 0.175. The van der Waals surface area contributed by atoms with Crippen LogP contribution in [0.25, 0.3) is 0 Å². The van der Waals surface area contributed by atoms with Crippen molar-refractivity contribution in [2.75, 3.05) is 5.73 Å². The molecule has 1 aromatic heterocycles. The Hall–Kier alpha value is -1.89. The first kappa shape index (κ1) is 15.5. The molecule has 0 saturated carbocycles. The van der Waals surface area contributed by atoms with Crippen molar-refractivity contribution in [1.29, 1.82) is 5.41 Å². The van der Waals surface area contributed by atoms with Gasteiger partial charge in [0.1, 0.15) is 0 Å². The van der Waals surface area contributed by atoms with Crippen LogP contribution in [-0.4, -0.2) is 5.84 Å². The molecule has 7 heteroatoms. The summed E-state index contributed by atoms with van der Waals surface area (Å²) in [6.45, 7) is 0. The van der Waals surface area contributed by atoms with Gasteiger partial charge in [-0.1, -0.05) is 12.1 Å². The van der Waals surface area contributed by atoms with E-state index < -0.39 is 11.7 Å². The van der Waals surface area contributed by atoms with E-state index in [1.54, 1.807) is 18.3 Å². The number of nitrogens with zero attached hydrogens (tertiary/aromatic N) is 1. The summed E-state index contributed by atoms with van der Waals surface area (Å²) in [6.07, 6.45) is -2.53. The van der Waals surface area contributed by atoms with Gasteiger partial charge in [-0.3, -0.25) is 0 Å². The van der Waals surface area contributed by atoms with Gasteiger partial charge in [0.25, 0.3) is 0 Å². The molecule has 3 N–H and O–H groups in total. The number of nitrogens with one attached hydrogen (secondary N) is 1. The number of halogens is 4. The van der Waals surface area contributed by atoms with E-state index >= 15 is 0 Å². The standard InChI is InChI=1S/C14H11BrF3N3/c15-11-5-6-12(19)21(8-11)13(20)7-9-1-3-10(4-2-9)14(16,17)18/h1-6,8,19-20H,7H2/p+1. The Morgan fingerprint density at radius 1 is 1.14 bits per heavy atom. The molecule has 0 aliphatic carbocycles. The monoisotopic (exact) mass is 358 g/mol. The second-order valence-corrected chi connectivity index (χ2v) is 5.38. The lowest BCUT2D eigenvalue weighted by Gasteiger charge is -2.08. The molecule has 1 aromatic carbocycles. The largest absolute Gasteiger partial charge is 0.416 e. The molecule has 0 fully saturated rings. The molecule has 21 heavy (non-hydrogen) atoms. The van der Waals surface area contributed by atoms with Crippen molar-refractivity contribution in [2.24, 2.45) is 0 Å². The van der Waals surface area contributed by atoms with Crippen LogP contribution in [0.1, 0.15) is 11.1 Å². The number of nitrogens with two attached hydrogens (primary N) is 1. The smallest absolute Gasteiger partial charge is 0.318 e. The summed E-state index contributed by atoms with van der Waals surface area (Å²) >= 11 is 3.28. The number of anilines is 1. The molecule has 1 heterocycles. The molecule has 0 aliphatic rings. The van der Waals surface area contributed by atoms with Gasteiger partial charge in [0.2, 0.25) is 11.7 Å². The Morgan fingerprint density at radius 3 is 2.33 bits per heavy atom. The number of alkyl halides is 3. The number of pyridine rings is 1. The first-order chi connectivity index (χ1) is 9.77. The second-order valence-electron chi connectivity index (χ2n) is 4.46. The Morgan fingerprint density at radius 2 is 1.76 bits per heavy atom. The number of hydrogen-bond acceptors (Lipinski definition) is 2. The third kappa shape index (κ3) is 3.81. The van der Waals surface area contributed by atoms with Gasteiger partial charge in [0.15, 0.2) is 0 Å². The van der Waals surface area contributed by atoms with Crippen molar-refractivity contribution in [3.8, 4) is 0 Å². The molecule has 2 aromatic rings. The molecule has 0 aliphatic heterocycles. The van der Waals surface area contributed by atoms with Gasteiger partial charge >= 0.3 is 6.18 Å². The van der Waals surface area contributed by atoms with Crippen LogP contribution in [0, 0.1) is 5.41 Å². The highest BCUT2D eigenvalue weighted by Crippen LogP contribution is 2.29. The molecule has 0 spiro atoms. The summed E-state index contributed by atoms with van der Waals surface area (Å²) in [5, 5.41) is 8.02. The Bertz CT molecular complexity index is 666. The lowest BCUT2D eigenvalue weighted by Crippen LogP contribution is -2.45. The normalized spacial score (nSPS) is 11.4. The first-order valence-electron chi connectivity index (χ1n) is 5.98. The molecule has 0 radical (unpaired) electrons. The average Bonchev–Trinajstić information content (AvgIpc) is 2.41. The predicted molar refractivity (Wildman–Crippen MR) is 77.0 cm³/mol. The molecular weight excluding hydrogens is 347 g/mol. The maximum atomic E-state index is 12.5.